The molecule has 0 atom stereocenters. The minimum Gasteiger partial charge on any atom is -0.460 e. The molecule has 1 aromatic heterocycles. The van der Waals surface area contributed by atoms with Crippen molar-refractivity contribution in [2.75, 3.05) is 37.8 Å². The molecule has 0 aliphatic carbocycles. The predicted octanol–water partition coefficient (Wildman–Crippen LogP) is 0.877. The van der Waals surface area contributed by atoms with E-state index in [9.17, 15) is 5.11 Å². The van der Waals surface area contributed by atoms with Crippen LogP contribution >= 0.6 is 0 Å². The van der Waals surface area contributed by atoms with E-state index in [-0.39, 0.29) is 12.6 Å². The molecule has 150 valence electrons. The lowest BCUT2D eigenvalue weighted by molar-refractivity contribution is 0.0249. The van der Waals surface area contributed by atoms with Gasteiger partial charge in [0.15, 0.2) is 5.82 Å². The second-order valence-corrected chi connectivity index (χ2v) is 7.29. The van der Waals surface area contributed by atoms with Crippen LogP contribution in [-0.2, 0) is 4.74 Å². The van der Waals surface area contributed by atoms with Crippen LogP contribution in [0.4, 0.5) is 5.95 Å². The molecule has 2 aromatic rings. The van der Waals surface area contributed by atoms with E-state index in [1.807, 2.05) is 36.1 Å². The Morgan fingerprint density at radius 3 is 2.68 bits per heavy atom. The topological polar surface area (TPSA) is 119 Å². The molecule has 0 unspecified atom stereocenters. The summed E-state index contributed by atoms with van der Waals surface area (Å²) in [6.07, 6.45) is 0. The summed E-state index contributed by atoms with van der Waals surface area (Å²) in [4.78, 5) is 15.4. The first-order chi connectivity index (χ1) is 13.4. The van der Waals surface area contributed by atoms with E-state index in [2.05, 4.69) is 20.1 Å². The first kappa shape index (κ1) is 20.0. The average Bonchev–Trinajstić information content (AvgIpc) is 2.67. The summed E-state index contributed by atoms with van der Waals surface area (Å²) >= 11 is 0. The number of ether oxygens (including phenoxy) is 2. The van der Waals surface area contributed by atoms with Gasteiger partial charge in [0.25, 0.3) is 0 Å². The Kier molecular flexibility index (Phi) is 6.05. The van der Waals surface area contributed by atoms with E-state index < -0.39 is 5.60 Å². The summed E-state index contributed by atoms with van der Waals surface area (Å²) in [7, 11) is 0. The van der Waals surface area contributed by atoms with Crippen molar-refractivity contribution in [3.63, 3.8) is 0 Å². The van der Waals surface area contributed by atoms with Gasteiger partial charge < -0.3 is 25.3 Å². The van der Waals surface area contributed by atoms with Crippen molar-refractivity contribution in [2.45, 2.75) is 26.4 Å². The molecule has 1 aromatic carbocycles. The molecule has 2 heterocycles. The second-order valence-electron chi connectivity index (χ2n) is 7.29. The Bertz CT molecular complexity index is 844. The maximum absolute atomic E-state index is 9.96. The van der Waals surface area contributed by atoms with Crippen LogP contribution in [0.25, 0.3) is 0 Å². The molecule has 3 N–H and O–H groups in total. The Labute approximate surface area is 164 Å². The SMILES string of the molecule is Cc1cccc(C(=NN)c2nc(OCC(C)(C)O)nc(N3CCOCC3)n2)c1. The number of rotatable bonds is 6. The number of aryl methyl sites for hydroxylation is 1. The Balaban J connectivity index is 2.00. The van der Waals surface area contributed by atoms with E-state index in [0.29, 0.717) is 43.8 Å². The zero-order chi connectivity index (χ0) is 20.1. The minimum atomic E-state index is -1.02. The molecule has 3 rings (SSSR count). The van der Waals surface area contributed by atoms with Gasteiger partial charge in [-0.05, 0) is 26.8 Å². The minimum absolute atomic E-state index is 0.0402. The standard InChI is InChI=1S/C19H26N6O3/c1-13-5-4-6-14(11-13)15(24-20)16-21-17(25-7-9-27-10-8-25)23-18(22-16)28-12-19(2,3)26/h4-6,11,26H,7-10,12,20H2,1-3H3. The van der Waals surface area contributed by atoms with Gasteiger partial charge in [-0.3, -0.25) is 0 Å². The van der Waals surface area contributed by atoms with Crippen LogP contribution in [0.15, 0.2) is 29.4 Å². The molecule has 0 spiro atoms. The number of hydrogen-bond donors (Lipinski definition) is 2. The lowest BCUT2D eigenvalue weighted by atomic mass is 10.1. The second kappa shape index (κ2) is 8.49. The van der Waals surface area contributed by atoms with E-state index >= 15 is 0 Å². The highest BCUT2D eigenvalue weighted by atomic mass is 16.5. The molecule has 9 heteroatoms. The molecule has 1 fully saturated rings. The summed E-state index contributed by atoms with van der Waals surface area (Å²) < 4.78 is 11.0. The number of benzene rings is 1. The monoisotopic (exact) mass is 386 g/mol. The molecule has 1 aliphatic heterocycles. The van der Waals surface area contributed by atoms with Crippen molar-refractivity contribution in [3.8, 4) is 6.01 Å². The Morgan fingerprint density at radius 2 is 2.04 bits per heavy atom. The van der Waals surface area contributed by atoms with Crippen LogP contribution in [0.1, 0.15) is 30.8 Å². The van der Waals surface area contributed by atoms with Crippen LogP contribution in [0.5, 0.6) is 6.01 Å². The fraction of sp³-hybridized carbons (Fsp3) is 0.474. The van der Waals surface area contributed by atoms with Gasteiger partial charge in [-0.1, -0.05) is 23.8 Å². The first-order valence-electron chi connectivity index (χ1n) is 9.15. The van der Waals surface area contributed by atoms with Crippen molar-refractivity contribution in [1.82, 2.24) is 15.0 Å². The summed E-state index contributed by atoms with van der Waals surface area (Å²) in [6.45, 7) is 7.84. The van der Waals surface area contributed by atoms with Gasteiger partial charge in [0, 0.05) is 18.7 Å². The highest BCUT2D eigenvalue weighted by Crippen LogP contribution is 2.18. The van der Waals surface area contributed by atoms with Crippen molar-refractivity contribution >= 4 is 11.7 Å². The van der Waals surface area contributed by atoms with Gasteiger partial charge in [-0.25, -0.2) is 0 Å². The summed E-state index contributed by atoms with van der Waals surface area (Å²) in [6, 6.07) is 7.88. The first-order valence-corrected chi connectivity index (χ1v) is 9.15. The molecule has 0 amide bonds. The van der Waals surface area contributed by atoms with Crippen LogP contribution in [0.3, 0.4) is 0 Å². The van der Waals surface area contributed by atoms with Crippen molar-refractivity contribution in [2.24, 2.45) is 10.9 Å². The van der Waals surface area contributed by atoms with Crippen LogP contribution in [0, 0.1) is 6.92 Å². The molecule has 28 heavy (non-hydrogen) atoms. The molecule has 0 radical (unpaired) electrons. The molecule has 1 saturated heterocycles. The van der Waals surface area contributed by atoms with Gasteiger partial charge in [0.2, 0.25) is 5.95 Å². The quantitative estimate of drug-likeness (QED) is 0.427. The maximum atomic E-state index is 9.96. The fourth-order valence-corrected chi connectivity index (χ4v) is 2.72. The number of hydrogen-bond acceptors (Lipinski definition) is 9. The third kappa shape index (κ3) is 5.14. The number of aromatic nitrogens is 3. The number of nitrogens with two attached hydrogens (primary N) is 1. The van der Waals surface area contributed by atoms with Gasteiger partial charge in [0.1, 0.15) is 12.3 Å². The van der Waals surface area contributed by atoms with Gasteiger partial charge >= 0.3 is 6.01 Å². The highest BCUT2D eigenvalue weighted by molar-refractivity contribution is 6.10. The van der Waals surface area contributed by atoms with Crippen molar-refractivity contribution in [3.05, 3.63) is 41.2 Å². The predicted molar refractivity (Wildman–Crippen MR) is 106 cm³/mol. The van der Waals surface area contributed by atoms with E-state index in [1.165, 1.54) is 0 Å². The third-order valence-electron chi connectivity index (χ3n) is 4.08. The van der Waals surface area contributed by atoms with Crippen molar-refractivity contribution in [1.29, 1.82) is 0 Å². The van der Waals surface area contributed by atoms with Crippen LogP contribution in [0.2, 0.25) is 0 Å². The molecule has 0 bridgehead atoms. The van der Waals surface area contributed by atoms with Crippen LogP contribution < -0.4 is 15.5 Å². The fourth-order valence-electron chi connectivity index (χ4n) is 2.72. The average molecular weight is 386 g/mol. The Hall–Kier alpha value is -2.78. The van der Waals surface area contributed by atoms with Gasteiger partial charge in [-0.2, -0.15) is 20.1 Å². The van der Waals surface area contributed by atoms with E-state index in [1.54, 1.807) is 13.8 Å². The number of morpholine rings is 1. The largest absolute Gasteiger partial charge is 0.460 e. The summed E-state index contributed by atoms with van der Waals surface area (Å²) in [5.74, 6) is 6.46. The van der Waals surface area contributed by atoms with E-state index in [0.717, 1.165) is 11.1 Å². The normalized spacial score (nSPS) is 15.6. The number of nitrogens with zero attached hydrogens (tertiary/aromatic N) is 5. The highest BCUT2D eigenvalue weighted by Gasteiger charge is 2.22. The van der Waals surface area contributed by atoms with Crippen LogP contribution in [-0.4, -0.2) is 64.3 Å². The third-order valence-corrected chi connectivity index (χ3v) is 4.08. The summed E-state index contributed by atoms with van der Waals surface area (Å²) in [5, 5.41) is 13.9. The lowest BCUT2D eigenvalue weighted by Crippen LogP contribution is -2.38. The smallest absolute Gasteiger partial charge is 0.321 e. The lowest BCUT2D eigenvalue weighted by Gasteiger charge is -2.27. The zero-order valence-corrected chi connectivity index (χ0v) is 16.4. The van der Waals surface area contributed by atoms with Crippen molar-refractivity contribution < 1.29 is 14.6 Å². The molecule has 1 aliphatic rings. The van der Waals surface area contributed by atoms with Gasteiger partial charge in [0.05, 0.1) is 18.8 Å². The zero-order valence-electron chi connectivity index (χ0n) is 16.4. The maximum Gasteiger partial charge on any atom is 0.321 e. The molecule has 9 nitrogen and oxygen atoms in total. The number of anilines is 1. The summed E-state index contributed by atoms with van der Waals surface area (Å²) in [5.41, 5.74) is 1.29. The Morgan fingerprint density at radius 1 is 1.29 bits per heavy atom. The number of aliphatic hydroxyl groups is 1. The molecular formula is C19H26N6O3. The van der Waals surface area contributed by atoms with Gasteiger partial charge in [-0.15, -0.1) is 0 Å². The molecule has 0 saturated carbocycles. The number of hydrazone groups is 1. The molecular weight excluding hydrogens is 360 g/mol. The van der Waals surface area contributed by atoms with E-state index in [4.69, 9.17) is 15.3 Å².